The number of aromatic amines is 1. The first-order chi connectivity index (χ1) is 14.0. The molecule has 4 aromatic rings. The lowest BCUT2D eigenvalue weighted by Crippen LogP contribution is -2.08. The zero-order chi connectivity index (χ0) is 20.4. The third-order valence-electron chi connectivity index (χ3n) is 4.54. The van der Waals surface area contributed by atoms with Gasteiger partial charge in [0.2, 0.25) is 0 Å². The summed E-state index contributed by atoms with van der Waals surface area (Å²) in [7, 11) is 0. The van der Waals surface area contributed by atoms with E-state index in [1.807, 2.05) is 30.3 Å². The van der Waals surface area contributed by atoms with Gasteiger partial charge in [0.25, 0.3) is 0 Å². The largest absolute Gasteiger partial charge is 0.478 e. The number of nitrogens with zero attached hydrogens (tertiary/aromatic N) is 1. The standard InChI is InChI=1S/C22H15ClN2O3S/c23-16-8-6-14(7-9-16)21-19(22(27)28)15(12-29-21)10-18(26)17-11-24-25-20(17)13-4-2-1-3-5-13/h1-9,11-12H,10H2,(H,24,25)(H,27,28). The predicted octanol–water partition coefficient (Wildman–Crippen LogP) is 5.58. The van der Waals surface area contributed by atoms with Gasteiger partial charge in [-0.05, 0) is 28.6 Å². The number of carboxylic acids is 1. The molecular weight excluding hydrogens is 408 g/mol. The van der Waals surface area contributed by atoms with Gasteiger partial charge < -0.3 is 5.11 Å². The SMILES string of the molecule is O=C(Cc1csc(-c2ccc(Cl)cc2)c1C(=O)O)c1cn[nH]c1-c1ccccc1. The topological polar surface area (TPSA) is 83.1 Å². The molecule has 0 aliphatic carbocycles. The molecule has 0 bridgehead atoms. The number of hydrogen-bond donors (Lipinski definition) is 2. The minimum atomic E-state index is -1.06. The van der Waals surface area contributed by atoms with Crippen LogP contribution in [0.3, 0.4) is 0 Å². The van der Waals surface area contributed by atoms with Crippen LogP contribution in [0.25, 0.3) is 21.7 Å². The van der Waals surface area contributed by atoms with Crippen LogP contribution in [-0.2, 0) is 6.42 Å². The first kappa shape index (κ1) is 19.1. The molecule has 0 atom stereocenters. The number of benzene rings is 2. The van der Waals surface area contributed by atoms with Crippen LogP contribution in [0.15, 0.2) is 66.2 Å². The summed E-state index contributed by atoms with van der Waals surface area (Å²) in [6.07, 6.45) is 1.46. The normalized spacial score (nSPS) is 10.8. The lowest BCUT2D eigenvalue weighted by atomic mass is 9.98. The highest BCUT2D eigenvalue weighted by Gasteiger charge is 2.23. The average molecular weight is 423 g/mol. The van der Waals surface area contributed by atoms with Gasteiger partial charge in [-0.3, -0.25) is 9.89 Å². The zero-order valence-electron chi connectivity index (χ0n) is 15.1. The molecule has 0 unspecified atom stereocenters. The van der Waals surface area contributed by atoms with Gasteiger partial charge in [-0.1, -0.05) is 54.1 Å². The fourth-order valence-electron chi connectivity index (χ4n) is 3.16. The van der Waals surface area contributed by atoms with E-state index in [9.17, 15) is 14.7 Å². The van der Waals surface area contributed by atoms with Crippen molar-refractivity contribution in [1.29, 1.82) is 0 Å². The first-order valence-electron chi connectivity index (χ1n) is 8.76. The van der Waals surface area contributed by atoms with Crippen LogP contribution >= 0.6 is 22.9 Å². The number of aromatic nitrogens is 2. The Kier molecular flexibility index (Phi) is 5.29. The molecule has 0 saturated heterocycles. The maximum Gasteiger partial charge on any atom is 0.337 e. The molecule has 0 spiro atoms. The minimum absolute atomic E-state index is 0.0227. The molecule has 29 heavy (non-hydrogen) atoms. The smallest absolute Gasteiger partial charge is 0.337 e. The number of aromatic carboxylic acids is 1. The molecule has 0 aliphatic rings. The Morgan fingerprint density at radius 1 is 1.03 bits per heavy atom. The average Bonchev–Trinajstić information content (AvgIpc) is 3.36. The van der Waals surface area contributed by atoms with Crippen LogP contribution < -0.4 is 0 Å². The van der Waals surface area contributed by atoms with Gasteiger partial charge in [0.05, 0.1) is 23.0 Å². The number of carboxylic acid groups (broad SMARTS) is 1. The van der Waals surface area contributed by atoms with Gasteiger partial charge in [-0.2, -0.15) is 5.10 Å². The Labute approximate surface area is 175 Å². The second kappa shape index (κ2) is 8.03. The molecule has 7 heteroatoms. The van der Waals surface area contributed by atoms with E-state index >= 15 is 0 Å². The van der Waals surface area contributed by atoms with Crippen molar-refractivity contribution in [2.45, 2.75) is 6.42 Å². The number of Topliss-reactive ketones (excluding diaryl/α,β-unsaturated/α-hetero) is 1. The molecule has 0 saturated carbocycles. The number of rotatable bonds is 6. The van der Waals surface area contributed by atoms with Gasteiger partial charge in [0.1, 0.15) is 0 Å². The quantitative estimate of drug-likeness (QED) is 0.397. The van der Waals surface area contributed by atoms with Crippen molar-refractivity contribution < 1.29 is 14.7 Å². The summed E-state index contributed by atoms with van der Waals surface area (Å²) >= 11 is 7.24. The monoisotopic (exact) mass is 422 g/mol. The number of thiophene rings is 1. The molecule has 144 valence electrons. The second-order valence-corrected chi connectivity index (χ2v) is 7.72. The Balaban J connectivity index is 1.67. The van der Waals surface area contributed by atoms with Crippen LogP contribution in [0.5, 0.6) is 0 Å². The second-order valence-electron chi connectivity index (χ2n) is 6.40. The minimum Gasteiger partial charge on any atom is -0.478 e. The molecule has 0 aliphatic heterocycles. The number of ketones is 1. The van der Waals surface area contributed by atoms with Crippen molar-refractivity contribution in [3.8, 4) is 21.7 Å². The molecule has 0 amide bonds. The van der Waals surface area contributed by atoms with Crippen LogP contribution in [0, 0.1) is 0 Å². The maximum atomic E-state index is 13.0. The van der Waals surface area contributed by atoms with Crippen molar-refractivity contribution in [2.75, 3.05) is 0 Å². The highest BCUT2D eigenvalue weighted by molar-refractivity contribution is 7.14. The number of carbonyl (C=O) groups excluding carboxylic acids is 1. The van der Waals surface area contributed by atoms with E-state index in [0.29, 0.717) is 26.7 Å². The highest BCUT2D eigenvalue weighted by atomic mass is 35.5. The molecule has 5 nitrogen and oxygen atoms in total. The number of carbonyl (C=O) groups is 2. The van der Waals surface area contributed by atoms with Crippen molar-refractivity contribution in [3.63, 3.8) is 0 Å². The van der Waals surface area contributed by atoms with Gasteiger partial charge >= 0.3 is 5.97 Å². The highest BCUT2D eigenvalue weighted by Crippen LogP contribution is 2.34. The Hall–Kier alpha value is -3.22. The Morgan fingerprint density at radius 3 is 2.45 bits per heavy atom. The molecule has 2 N–H and O–H groups in total. The Morgan fingerprint density at radius 2 is 1.76 bits per heavy atom. The summed E-state index contributed by atoms with van der Waals surface area (Å²) < 4.78 is 0. The van der Waals surface area contributed by atoms with Crippen molar-refractivity contribution in [3.05, 3.63) is 87.9 Å². The molecule has 2 aromatic carbocycles. The summed E-state index contributed by atoms with van der Waals surface area (Å²) in [5.74, 6) is -1.25. The number of H-pyrrole nitrogens is 1. The molecule has 0 fully saturated rings. The third-order valence-corrected chi connectivity index (χ3v) is 5.87. The Bertz CT molecular complexity index is 1180. The van der Waals surface area contributed by atoms with E-state index in [1.54, 1.807) is 29.6 Å². The summed E-state index contributed by atoms with van der Waals surface area (Å²) in [6.45, 7) is 0. The first-order valence-corrected chi connectivity index (χ1v) is 10.0. The molecule has 0 radical (unpaired) electrons. The number of halogens is 1. The van der Waals surface area contributed by atoms with Crippen molar-refractivity contribution in [2.24, 2.45) is 0 Å². The van der Waals surface area contributed by atoms with E-state index in [1.165, 1.54) is 17.5 Å². The van der Waals surface area contributed by atoms with Crippen LogP contribution in [0.1, 0.15) is 26.3 Å². The molecule has 2 heterocycles. The van der Waals surface area contributed by atoms with Crippen molar-refractivity contribution >= 4 is 34.7 Å². The number of hydrogen-bond acceptors (Lipinski definition) is 4. The maximum absolute atomic E-state index is 13.0. The summed E-state index contributed by atoms with van der Waals surface area (Å²) in [4.78, 5) is 25.5. The van der Waals surface area contributed by atoms with Crippen molar-refractivity contribution in [1.82, 2.24) is 10.2 Å². The summed E-state index contributed by atoms with van der Waals surface area (Å²) in [6, 6.07) is 16.4. The van der Waals surface area contributed by atoms with Crippen LogP contribution in [0.2, 0.25) is 5.02 Å². The third kappa shape index (κ3) is 3.85. The molecular formula is C22H15ClN2O3S. The fraction of sp³-hybridized carbons (Fsp3) is 0.0455. The van der Waals surface area contributed by atoms with Gasteiger partial charge in [-0.15, -0.1) is 11.3 Å². The lowest BCUT2D eigenvalue weighted by molar-refractivity contribution is 0.0697. The van der Waals surface area contributed by atoms with E-state index in [2.05, 4.69) is 10.2 Å². The van der Waals surface area contributed by atoms with Gasteiger partial charge in [0, 0.05) is 21.9 Å². The summed E-state index contributed by atoms with van der Waals surface area (Å²) in [5, 5.41) is 19.0. The van der Waals surface area contributed by atoms with E-state index < -0.39 is 5.97 Å². The number of nitrogens with one attached hydrogen (secondary N) is 1. The van der Waals surface area contributed by atoms with E-state index in [0.717, 1.165) is 11.1 Å². The van der Waals surface area contributed by atoms with E-state index in [4.69, 9.17) is 11.6 Å². The fourth-order valence-corrected chi connectivity index (χ4v) is 4.36. The van der Waals surface area contributed by atoms with Gasteiger partial charge in [0.15, 0.2) is 5.78 Å². The van der Waals surface area contributed by atoms with E-state index in [-0.39, 0.29) is 17.8 Å². The lowest BCUT2D eigenvalue weighted by Gasteiger charge is -2.05. The van der Waals surface area contributed by atoms with Crippen LogP contribution in [-0.4, -0.2) is 27.1 Å². The molecule has 2 aromatic heterocycles. The van der Waals surface area contributed by atoms with Gasteiger partial charge in [-0.25, -0.2) is 4.79 Å². The zero-order valence-corrected chi connectivity index (χ0v) is 16.6. The molecule has 4 rings (SSSR count). The summed E-state index contributed by atoms with van der Waals surface area (Å²) in [5.41, 5.74) is 3.29. The van der Waals surface area contributed by atoms with Crippen LogP contribution in [0.4, 0.5) is 0 Å². The predicted molar refractivity (Wildman–Crippen MR) is 114 cm³/mol.